The number of aliphatic hydroxyl groups excluding tert-OH is 1. The molecule has 1 atom stereocenters. The van der Waals surface area contributed by atoms with Crippen LogP contribution in [0.2, 0.25) is 0 Å². The Kier molecular flexibility index (Phi) is 10.9. The van der Waals surface area contributed by atoms with Gasteiger partial charge in [0.25, 0.3) is 0 Å². The SMILES string of the molecule is CC(C)(C)OC(=O)CCC(C=O)NC(=O)OCc1ccccc1.CO. The zero-order valence-electron chi connectivity index (χ0n) is 15.2. The molecule has 0 aliphatic heterocycles. The fourth-order valence-electron chi connectivity index (χ4n) is 1.76. The molecule has 7 nitrogen and oxygen atoms in total. The van der Waals surface area contributed by atoms with Crippen LogP contribution in [0.4, 0.5) is 4.79 Å². The maximum absolute atomic E-state index is 11.7. The molecule has 0 radical (unpaired) electrons. The van der Waals surface area contributed by atoms with E-state index >= 15 is 0 Å². The molecule has 1 aromatic rings. The van der Waals surface area contributed by atoms with Gasteiger partial charge in [-0.2, -0.15) is 0 Å². The van der Waals surface area contributed by atoms with Crippen LogP contribution in [0.3, 0.4) is 0 Å². The number of esters is 1. The molecule has 0 saturated carbocycles. The lowest BCUT2D eigenvalue weighted by atomic mass is 10.1. The van der Waals surface area contributed by atoms with Crippen molar-refractivity contribution in [1.82, 2.24) is 5.32 Å². The monoisotopic (exact) mass is 353 g/mol. The third kappa shape index (κ3) is 11.7. The molecule has 0 aliphatic carbocycles. The van der Waals surface area contributed by atoms with E-state index in [-0.39, 0.29) is 19.4 Å². The van der Waals surface area contributed by atoms with Crippen LogP contribution in [0.1, 0.15) is 39.2 Å². The molecule has 1 aromatic carbocycles. The van der Waals surface area contributed by atoms with Crippen LogP contribution >= 0.6 is 0 Å². The number of aliphatic hydroxyl groups is 1. The quantitative estimate of drug-likeness (QED) is 0.576. The fourth-order valence-corrected chi connectivity index (χ4v) is 1.76. The van der Waals surface area contributed by atoms with Crippen LogP contribution in [0.5, 0.6) is 0 Å². The van der Waals surface area contributed by atoms with E-state index < -0.39 is 23.7 Å². The molecule has 2 N–H and O–H groups in total. The Bertz CT molecular complexity index is 524. The van der Waals surface area contributed by atoms with Crippen LogP contribution in [-0.4, -0.2) is 42.2 Å². The summed E-state index contributed by atoms with van der Waals surface area (Å²) in [6, 6.07) is 8.41. The van der Waals surface area contributed by atoms with Crippen molar-refractivity contribution in [1.29, 1.82) is 0 Å². The minimum Gasteiger partial charge on any atom is -0.460 e. The van der Waals surface area contributed by atoms with Crippen molar-refractivity contribution in [3.05, 3.63) is 35.9 Å². The Labute approximate surface area is 148 Å². The maximum Gasteiger partial charge on any atom is 0.408 e. The number of aldehydes is 1. The molecular weight excluding hydrogens is 326 g/mol. The van der Waals surface area contributed by atoms with Gasteiger partial charge in [0.1, 0.15) is 18.5 Å². The molecule has 0 heterocycles. The first-order valence-corrected chi connectivity index (χ1v) is 7.89. The minimum absolute atomic E-state index is 0.0413. The van der Waals surface area contributed by atoms with Gasteiger partial charge in [0.05, 0.1) is 6.04 Å². The second kappa shape index (κ2) is 12.0. The summed E-state index contributed by atoms with van der Waals surface area (Å²) in [7, 11) is 1.00. The van der Waals surface area contributed by atoms with E-state index in [1.165, 1.54) is 0 Å². The number of alkyl carbamates (subject to hydrolysis) is 1. The van der Waals surface area contributed by atoms with E-state index in [4.69, 9.17) is 14.6 Å². The van der Waals surface area contributed by atoms with E-state index in [0.717, 1.165) is 12.7 Å². The molecule has 7 heteroatoms. The predicted octanol–water partition coefficient (Wildman–Crippen LogP) is 2.21. The molecule has 0 aliphatic rings. The van der Waals surface area contributed by atoms with Gasteiger partial charge in [0.15, 0.2) is 0 Å². The lowest BCUT2D eigenvalue weighted by Gasteiger charge is -2.20. The van der Waals surface area contributed by atoms with Crippen LogP contribution in [0.25, 0.3) is 0 Å². The summed E-state index contributed by atoms with van der Waals surface area (Å²) in [6.45, 7) is 5.41. The van der Waals surface area contributed by atoms with E-state index in [2.05, 4.69) is 5.32 Å². The highest BCUT2D eigenvalue weighted by molar-refractivity contribution is 5.74. The van der Waals surface area contributed by atoms with E-state index in [9.17, 15) is 14.4 Å². The van der Waals surface area contributed by atoms with Crippen molar-refractivity contribution < 1.29 is 29.0 Å². The van der Waals surface area contributed by atoms with Gasteiger partial charge in [-0.3, -0.25) is 4.79 Å². The number of rotatable bonds is 7. The molecule has 1 amide bonds. The van der Waals surface area contributed by atoms with Crippen LogP contribution < -0.4 is 5.32 Å². The summed E-state index contributed by atoms with van der Waals surface area (Å²) >= 11 is 0. The van der Waals surface area contributed by atoms with Crippen molar-refractivity contribution in [3.63, 3.8) is 0 Å². The van der Waals surface area contributed by atoms with Crippen LogP contribution in [0.15, 0.2) is 30.3 Å². The number of benzene rings is 1. The molecule has 0 bridgehead atoms. The Hall–Kier alpha value is -2.41. The summed E-state index contributed by atoms with van der Waals surface area (Å²) in [5.74, 6) is -0.413. The van der Waals surface area contributed by atoms with Crippen molar-refractivity contribution in [2.45, 2.75) is 51.9 Å². The topological polar surface area (TPSA) is 102 Å². The van der Waals surface area contributed by atoms with Gasteiger partial charge in [-0.25, -0.2) is 4.79 Å². The number of carbonyl (C=O) groups excluding carboxylic acids is 3. The van der Waals surface area contributed by atoms with Gasteiger partial charge in [-0.15, -0.1) is 0 Å². The first-order valence-electron chi connectivity index (χ1n) is 7.89. The maximum atomic E-state index is 11.7. The molecule has 1 rings (SSSR count). The van der Waals surface area contributed by atoms with E-state index in [1.54, 1.807) is 20.8 Å². The first-order chi connectivity index (χ1) is 11.8. The van der Waals surface area contributed by atoms with Gasteiger partial charge >= 0.3 is 12.1 Å². The Morgan fingerprint density at radius 2 is 1.80 bits per heavy atom. The second-order valence-corrected chi connectivity index (χ2v) is 6.07. The van der Waals surface area contributed by atoms with Crippen LogP contribution in [0, 0.1) is 0 Å². The zero-order chi connectivity index (χ0) is 19.3. The summed E-state index contributed by atoms with van der Waals surface area (Å²) in [5.41, 5.74) is 0.273. The molecule has 140 valence electrons. The lowest BCUT2D eigenvalue weighted by Crippen LogP contribution is -2.37. The minimum atomic E-state index is -0.786. The molecule has 0 aromatic heterocycles. The van der Waals surface area contributed by atoms with Gasteiger partial charge in [-0.05, 0) is 32.8 Å². The van der Waals surface area contributed by atoms with Crippen molar-refractivity contribution in [2.24, 2.45) is 0 Å². The van der Waals surface area contributed by atoms with Gasteiger partial charge in [0.2, 0.25) is 0 Å². The number of hydrogen-bond donors (Lipinski definition) is 2. The highest BCUT2D eigenvalue weighted by Gasteiger charge is 2.19. The molecular formula is C18H27NO6. The number of hydrogen-bond acceptors (Lipinski definition) is 6. The number of carbonyl (C=O) groups is 3. The van der Waals surface area contributed by atoms with Gasteiger partial charge < -0.3 is 24.7 Å². The second-order valence-electron chi connectivity index (χ2n) is 6.07. The Balaban J connectivity index is 0.00000277. The number of ether oxygens (including phenoxy) is 2. The highest BCUT2D eigenvalue weighted by atomic mass is 16.6. The summed E-state index contributed by atoms with van der Waals surface area (Å²) in [5, 5.41) is 9.42. The molecule has 0 fully saturated rings. The smallest absolute Gasteiger partial charge is 0.408 e. The average Bonchev–Trinajstić information content (AvgIpc) is 2.58. The van der Waals surface area contributed by atoms with E-state index in [0.29, 0.717) is 6.29 Å². The highest BCUT2D eigenvalue weighted by Crippen LogP contribution is 2.10. The predicted molar refractivity (Wildman–Crippen MR) is 92.8 cm³/mol. The summed E-state index contributed by atoms with van der Waals surface area (Å²) < 4.78 is 10.2. The van der Waals surface area contributed by atoms with Gasteiger partial charge in [0, 0.05) is 13.5 Å². The Morgan fingerprint density at radius 3 is 2.32 bits per heavy atom. The van der Waals surface area contributed by atoms with E-state index in [1.807, 2.05) is 30.3 Å². The van der Waals surface area contributed by atoms with Crippen LogP contribution in [-0.2, 0) is 25.7 Å². The fraction of sp³-hybridized carbons (Fsp3) is 0.500. The van der Waals surface area contributed by atoms with Crippen molar-refractivity contribution >= 4 is 18.3 Å². The van der Waals surface area contributed by atoms with Crippen molar-refractivity contribution in [2.75, 3.05) is 7.11 Å². The largest absolute Gasteiger partial charge is 0.460 e. The molecule has 0 spiro atoms. The lowest BCUT2D eigenvalue weighted by molar-refractivity contribution is -0.155. The first kappa shape index (κ1) is 22.6. The third-order valence-electron chi connectivity index (χ3n) is 2.76. The zero-order valence-corrected chi connectivity index (χ0v) is 15.2. The standard InChI is InChI=1S/C17H23NO5.CH4O/c1-17(2,3)23-15(20)10-9-14(11-19)18-16(21)22-12-13-7-5-4-6-8-13;1-2/h4-8,11,14H,9-10,12H2,1-3H3,(H,18,21);2H,1H3. The van der Waals surface area contributed by atoms with Gasteiger partial charge in [-0.1, -0.05) is 30.3 Å². The normalized spacial score (nSPS) is 11.4. The third-order valence-corrected chi connectivity index (χ3v) is 2.76. The molecule has 25 heavy (non-hydrogen) atoms. The van der Waals surface area contributed by atoms with Crippen molar-refractivity contribution in [3.8, 4) is 0 Å². The number of nitrogens with one attached hydrogen (secondary N) is 1. The molecule has 0 saturated heterocycles. The Morgan fingerprint density at radius 1 is 1.20 bits per heavy atom. The summed E-state index contributed by atoms with van der Waals surface area (Å²) in [6.07, 6.45) is 0.0854. The summed E-state index contributed by atoms with van der Waals surface area (Å²) in [4.78, 5) is 34.2. The number of amides is 1. The average molecular weight is 353 g/mol. The molecule has 1 unspecified atom stereocenters.